The highest BCUT2D eigenvalue weighted by atomic mass is 16.3. The molecule has 2 rings (SSSR count). The molecule has 1 saturated carbocycles. The van der Waals surface area contributed by atoms with E-state index in [1.165, 1.54) is 25.5 Å². The maximum Gasteiger partial charge on any atom is 0.254 e. The van der Waals surface area contributed by atoms with Gasteiger partial charge in [-0.05, 0) is 24.3 Å². The summed E-state index contributed by atoms with van der Waals surface area (Å²) in [5, 5.41) is 2.94. The average molecular weight is 222 g/mol. The zero-order chi connectivity index (χ0) is 11.6. The fourth-order valence-corrected chi connectivity index (χ4v) is 1.96. The molecule has 1 aromatic rings. The molecule has 0 radical (unpaired) electrons. The van der Waals surface area contributed by atoms with Crippen molar-refractivity contribution in [3.63, 3.8) is 0 Å². The maximum atomic E-state index is 11.7. The summed E-state index contributed by atoms with van der Waals surface area (Å²) in [4.78, 5) is 11.7. The number of amides is 1. The van der Waals surface area contributed by atoms with Gasteiger partial charge in [-0.1, -0.05) is 13.3 Å². The lowest BCUT2D eigenvalue weighted by Gasteiger charge is -2.38. The smallest absolute Gasteiger partial charge is 0.254 e. The molecule has 1 fully saturated rings. The second-order valence-corrected chi connectivity index (χ2v) is 4.85. The van der Waals surface area contributed by atoms with Crippen molar-refractivity contribution in [1.82, 2.24) is 5.32 Å². The molecular formula is C12H18N2O2. The molecule has 1 amide bonds. The van der Waals surface area contributed by atoms with Gasteiger partial charge in [-0.15, -0.1) is 0 Å². The highest BCUT2D eigenvalue weighted by Gasteiger charge is 2.31. The van der Waals surface area contributed by atoms with Crippen molar-refractivity contribution in [2.45, 2.75) is 32.7 Å². The first-order valence-electron chi connectivity index (χ1n) is 5.69. The molecule has 0 bridgehead atoms. The van der Waals surface area contributed by atoms with E-state index >= 15 is 0 Å². The number of furan rings is 1. The van der Waals surface area contributed by atoms with Crippen LogP contribution in [-0.4, -0.2) is 12.5 Å². The van der Waals surface area contributed by atoms with Crippen LogP contribution < -0.4 is 11.1 Å². The van der Waals surface area contributed by atoms with Gasteiger partial charge in [-0.3, -0.25) is 4.79 Å². The first-order chi connectivity index (χ1) is 7.63. The Morgan fingerprint density at radius 1 is 1.62 bits per heavy atom. The average Bonchev–Trinajstić information content (AvgIpc) is 2.71. The molecule has 0 aromatic carbocycles. The Morgan fingerprint density at radius 3 is 2.88 bits per heavy atom. The van der Waals surface area contributed by atoms with Crippen molar-refractivity contribution in [3.8, 4) is 0 Å². The first-order valence-corrected chi connectivity index (χ1v) is 5.69. The summed E-state index contributed by atoms with van der Waals surface area (Å²) in [5.41, 5.74) is 6.27. The summed E-state index contributed by atoms with van der Waals surface area (Å²) >= 11 is 0. The number of carbonyl (C=O) groups is 1. The van der Waals surface area contributed by atoms with Crippen LogP contribution in [0.5, 0.6) is 0 Å². The van der Waals surface area contributed by atoms with Gasteiger partial charge < -0.3 is 15.5 Å². The third kappa shape index (κ3) is 2.27. The molecule has 0 saturated heterocycles. The van der Waals surface area contributed by atoms with Gasteiger partial charge in [-0.2, -0.15) is 0 Å². The van der Waals surface area contributed by atoms with E-state index in [4.69, 9.17) is 10.2 Å². The fourth-order valence-electron chi connectivity index (χ4n) is 1.96. The number of hydrogen-bond acceptors (Lipinski definition) is 3. The largest absolute Gasteiger partial charge is 0.467 e. The summed E-state index contributed by atoms with van der Waals surface area (Å²) in [5.74, 6) is 0.566. The molecule has 3 N–H and O–H groups in total. The molecule has 4 nitrogen and oxygen atoms in total. The van der Waals surface area contributed by atoms with Gasteiger partial charge >= 0.3 is 0 Å². The molecule has 1 aliphatic rings. The van der Waals surface area contributed by atoms with Crippen LogP contribution in [0.4, 0.5) is 0 Å². The van der Waals surface area contributed by atoms with Crippen molar-refractivity contribution in [3.05, 3.63) is 23.7 Å². The van der Waals surface area contributed by atoms with Crippen LogP contribution in [0.15, 0.2) is 16.7 Å². The number of carbonyl (C=O) groups excluding carboxylic acids is 1. The van der Waals surface area contributed by atoms with Crippen molar-refractivity contribution in [2.24, 2.45) is 11.1 Å². The standard InChI is InChI=1S/C12H18N2O2/c1-12(3-2-4-12)8-14-11(15)9-5-10(6-13)16-7-9/h5,7H,2-4,6,8,13H2,1H3,(H,14,15). The van der Waals surface area contributed by atoms with Gasteiger partial charge in [0.2, 0.25) is 0 Å². The normalized spacial score (nSPS) is 17.9. The molecule has 0 atom stereocenters. The van der Waals surface area contributed by atoms with Crippen LogP contribution in [0, 0.1) is 5.41 Å². The topological polar surface area (TPSA) is 68.3 Å². The van der Waals surface area contributed by atoms with E-state index in [9.17, 15) is 4.79 Å². The molecular weight excluding hydrogens is 204 g/mol. The van der Waals surface area contributed by atoms with Crippen molar-refractivity contribution in [1.29, 1.82) is 0 Å². The molecule has 0 spiro atoms. The lowest BCUT2D eigenvalue weighted by molar-refractivity contribution is 0.0890. The van der Waals surface area contributed by atoms with Crippen LogP contribution in [-0.2, 0) is 6.54 Å². The second-order valence-electron chi connectivity index (χ2n) is 4.85. The molecule has 0 aliphatic heterocycles. The van der Waals surface area contributed by atoms with E-state index in [0.29, 0.717) is 23.3 Å². The van der Waals surface area contributed by atoms with Gasteiger partial charge in [0, 0.05) is 6.54 Å². The Balaban J connectivity index is 1.87. The van der Waals surface area contributed by atoms with Crippen molar-refractivity contribution in [2.75, 3.05) is 6.54 Å². The fraction of sp³-hybridized carbons (Fsp3) is 0.583. The minimum atomic E-state index is -0.0726. The summed E-state index contributed by atoms with van der Waals surface area (Å²) in [6.07, 6.45) is 5.13. The molecule has 4 heteroatoms. The van der Waals surface area contributed by atoms with Gasteiger partial charge in [0.25, 0.3) is 5.91 Å². The predicted octanol–water partition coefficient (Wildman–Crippen LogP) is 1.66. The maximum absolute atomic E-state index is 11.7. The molecule has 1 aliphatic carbocycles. The predicted molar refractivity (Wildman–Crippen MR) is 60.9 cm³/mol. The summed E-state index contributed by atoms with van der Waals surface area (Å²) in [6.45, 7) is 3.28. The van der Waals surface area contributed by atoms with Crippen LogP contribution >= 0.6 is 0 Å². The number of rotatable bonds is 4. The molecule has 1 aromatic heterocycles. The number of nitrogens with two attached hydrogens (primary N) is 1. The molecule has 88 valence electrons. The minimum Gasteiger partial charge on any atom is -0.467 e. The third-order valence-electron chi connectivity index (χ3n) is 3.35. The Hall–Kier alpha value is -1.29. The van der Waals surface area contributed by atoms with Gasteiger partial charge in [0.1, 0.15) is 12.0 Å². The molecule has 16 heavy (non-hydrogen) atoms. The zero-order valence-electron chi connectivity index (χ0n) is 9.58. The van der Waals surface area contributed by atoms with E-state index in [1.807, 2.05) is 0 Å². The Kier molecular flexibility index (Phi) is 3.01. The van der Waals surface area contributed by atoms with E-state index in [0.717, 1.165) is 6.54 Å². The lowest BCUT2D eigenvalue weighted by Crippen LogP contribution is -2.39. The van der Waals surface area contributed by atoms with Crippen LogP contribution in [0.3, 0.4) is 0 Å². The van der Waals surface area contributed by atoms with Gasteiger partial charge in [0.05, 0.1) is 12.1 Å². The van der Waals surface area contributed by atoms with E-state index in [-0.39, 0.29) is 5.91 Å². The minimum absolute atomic E-state index is 0.0726. The summed E-state index contributed by atoms with van der Waals surface area (Å²) in [6, 6.07) is 1.69. The van der Waals surface area contributed by atoms with E-state index in [1.54, 1.807) is 6.07 Å². The Bertz CT molecular complexity index is 380. The van der Waals surface area contributed by atoms with Crippen molar-refractivity contribution < 1.29 is 9.21 Å². The van der Waals surface area contributed by atoms with Crippen LogP contribution in [0.25, 0.3) is 0 Å². The monoisotopic (exact) mass is 222 g/mol. The van der Waals surface area contributed by atoms with Gasteiger partial charge in [0.15, 0.2) is 0 Å². The molecule has 0 unspecified atom stereocenters. The van der Waals surface area contributed by atoms with E-state index in [2.05, 4.69) is 12.2 Å². The summed E-state index contributed by atoms with van der Waals surface area (Å²) in [7, 11) is 0. The number of nitrogens with one attached hydrogen (secondary N) is 1. The summed E-state index contributed by atoms with van der Waals surface area (Å²) < 4.78 is 5.12. The highest BCUT2D eigenvalue weighted by Crippen LogP contribution is 2.39. The second kappa shape index (κ2) is 4.29. The lowest BCUT2D eigenvalue weighted by atomic mass is 9.70. The van der Waals surface area contributed by atoms with Gasteiger partial charge in [-0.25, -0.2) is 0 Å². The Labute approximate surface area is 95.2 Å². The van der Waals surface area contributed by atoms with Crippen LogP contribution in [0.2, 0.25) is 0 Å². The first kappa shape index (κ1) is 11.2. The van der Waals surface area contributed by atoms with E-state index < -0.39 is 0 Å². The third-order valence-corrected chi connectivity index (χ3v) is 3.35. The quantitative estimate of drug-likeness (QED) is 0.814. The SMILES string of the molecule is CC1(CNC(=O)c2coc(CN)c2)CCC1. The number of hydrogen-bond donors (Lipinski definition) is 2. The van der Waals surface area contributed by atoms with Crippen molar-refractivity contribution >= 4 is 5.91 Å². The highest BCUT2D eigenvalue weighted by molar-refractivity contribution is 5.93. The zero-order valence-corrected chi connectivity index (χ0v) is 9.58. The molecule has 1 heterocycles. The Morgan fingerprint density at radius 2 is 2.38 bits per heavy atom. The van der Waals surface area contributed by atoms with Crippen LogP contribution in [0.1, 0.15) is 42.3 Å².